The largest absolute Gasteiger partial charge is 0.292 e. The molecule has 2 aromatic carbocycles. The highest BCUT2D eigenvalue weighted by Crippen LogP contribution is 2.27. The van der Waals surface area contributed by atoms with Crippen LogP contribution in [-0.2, 0) is 0 Å². The quantitative estimate of drug-likeness (QED) is 0.397. The minimum atomic E-state index is -0.469. The average molecular weight is 381 g/mol. The van der Waals surface area contributed by atoms with Gasteiger partial charge in [-0.15, -0.1) is 0 Å². The zero-order valence-electron chi connectivity index (χ0n) is 14.2. The number of rotatable bonds is 3. The summed E-state index contributed by atoms with van der Waals surface area (Å²) < 4.78 is 3.04. The number of nitrogens with zero attached hydrogens (tertiary/aromatic N) is 4. The minimum absolute atomic E-state index is 0.0316. The number of benzene rings is 2. The molecule has 0 spiro atoms. The SMILES string of the molecule is Cc1nc2cc(-c3ccccc3)n(-c3ccc([N+](=O)[O-])cc3)n2c(=O)c1Cl. The molecule has 0 aliphatic heterocycles. The summed E-state index contributed by atoms with van der Waals surface area (Å²) in [5, 5.41) is 11.0. The van der Waals surface area contributed by atoms with Gasteiger partial charge in [0.25, 0.3) is 11.2 Å². The van der Waals surface area contributed by atoms with E-state index >= 15 is 0 Å². The van der Waals surface area contributed by atoms with Gasteiger partial charge in [-0.2, -0.15) is 4.52 Å². The molecule has 7 nitrogen and oxygen atoms in total. The number of nitro benzene ring substituents is 1. The van der Waals surface area contributed by atoms with Crippen molar-refractivity contribution in [2.24, 2.45) is 0 Å². The Balaban J connectivity index is 2.08. The fraction of sp³-hybridized carbons (Fsp3) is 0.0526. The predicted octanol–water partition coefficient (Wildman–Crippen LogP) is 4.02. The van der Waals surface area contributed by atoms with Crippen molar-refractivity contribution in [3.8, 4) is 16.9 Å². The van der Waals surface area contributed by atoms with Crippen molar-refractivity contribution in [1.29, 1.82) is 0 Å². The van der Waals surface area contributed by atoms with Crippen molar-refractivity contribution in [3.63, 3.8) is 0 Å². The van der Waals surface area contributed by atoms with Crippen LogP contribution in [0.4, 0.5) is 5.69 Å². The second-order valence-corrected chi connectivity index (χ2v) is 6.35. The molecule has 0 saturated carbocycles. The molecule has 0 bridgehead atoms. The van der Waals surface area contributed by atoms with E-state index in [2.05, 4.69) is 4.98 Å². The van der Waals surface area contributed by atoms with E-state index < -0.39 is 10.5 Å². The lowest BCUT2D eigenvalue weighted by molar-refractivity contribution is -0.384. The van der Waals surface area contributed by atoms with Crippen LogP contribution in [0.15, 0.2) is 65.5 Å². The monoisotopic (exact) mass is 380 g/mol. The molecule has 0 saturated heterocycles. The van der Waals surface area contributed by atoms with E-state index in [-0.39, 0.29) is 10.7 Å². The molecule has 0 atom stereocenters. The number of aromatic nitrogens is 3. The van der Waals surface area contributed by atoms with Crippen molar-refractivity contribution in [2.75, 3.05) is 0 Å². The Morgan fingerprint density at radius 1 is 1.07 bits per heavy atom. The predicted molar refractivity (Wildman–Crippen MR) is 103 cm³/mol. The Hall–Kier alpha value is -3.45. The molecule has 8 heteroatoms. The van der Waals surface area contributed by atoms with Gasteiger partial charge in [-0.05, 0) is 19.1 Å². The smallest absolute Gasteiger partial charge is 0.266 e. The van der Waals surface area contributed by atoms with Crippen LogP contribution < -0.4 is 5.56 Å². The molecule has 0 aliphatic rings. The van der Waals surface area contributed by atoms with Crippen LogP contribution in [0.1, 0.15) is 5.69 Å². The van der Waals surface area contributed by atoms with Gasteiger partial charge in [-0.25, -0.2) is 9.67 Å². The number of hydrogen-bond acceptors (Lipinski definition) is 4. The zero-order valence-corrected chi connectivity index (χ0v) is 14.9. The molecule has 0 aliphatic carbocycles. The molecule has 4 rings (SSSR count). The van der Waals surface area contributed by atoms with Crippen molar-refractivity contribution >= 4 is 22.9 Å². The third-order valence-corrected chi connectivity index (χ3v) is 4.70. The Morgan fingerprint density at radius 3 is 2.37 bits per heavy atom. The van der Waals surface area contributed by atoms with Gasteiger partial charge >= 0.3 is 0 Å². The highest BCUT2D eigenvalue weighted by molar-refractivity contribution is 6.31. The van der Waals surface area contributed by atoms with E-state index in [0.717, 1.165) is 11.3 Å². The van der Waals surface area contributed by atoms with Crippen LogP contribution >= 0.6 is 11.6 Å². The van der Waals surface area contributed by atoms with Crippen LogP contribution in [-0.4, -0.2) is 19.1 Å². The lowest BCUT2D eigenvalue weighted by atomic mass is 10.1. The number of halogens is 1. The number of hydrogen-bond donors (Lipinski definition) is 0. The summed E-state index contributed by atoms with van der Waals surface area (Å²) in [6.07, 6.45) is 0. The maximum absolute atomic E-state index is 12.8. The van der Waals surface area contributed by atoms with E-state index in [0.29, 0.717) is 17.0 Å². The molecule has 0 radical (unpaired) electrons. The Morgan fingerprint density at radius 2 is 1.74 bits per heavy atom. The normalized spacial score (nSPS) is 11.0. The minimum Gasteiger partial charge on any atom is -0.266 e. The fourth-order valence-electron chi connectivity index (χ4n) is 2.98. The van der Waals surface area contributed by atoms with Gasteiger partial charge in [0, 0.05) is 23.8 Å². The highest BCUT2D eigenvalue weighted by Gasteiger charge is 2.18. The van der Waals surface area contributed by atoms with Gasteiger partial charge < -0.3 is 0 Å². The van der Waals surface area contributed by atoms with Gasteiger partial charge in [-0.3, -0.25) is 14.9 Å². The summed E-state index contributed by atoms with van der Waals surface area (Å²) >= 11 is 6.14. The molecule has 0 unspecified atom stereocenters. The summed E-state index contributed by atoms with van der Waals surface area (Å²) in [7, 11) is 0. The lowest BCUT2D eigenvalue weighted by Gasteiger charge is -2.11. The number of non-ortho nitro benzene ring substituents is 1. The van der Waals surface area contributed by atoms with Crippen LogP contribution in [0, 0.1) is 17.0 Å². The van der Waals surface area contributed by atoms with Crippen LogP contribution in [0.2, 0.25) is 5.02 Å². The van der Waals surface area contributed by atoms with E-state index in [1.807, 2.05) is 30.3 Å². The van der Waals surface area contributed by atoms with Crippen molar-refractivity contribution < 1.29 is 4.92 Å². The molecular weight excluding hydrogens is 368 g/mol. The summed E-state index contributed by atoms with van der Waals surface area (Å²) in [5.74, 6) is 0. The van der Waals surface area contributed by atoms with Crippen molar-refractivity contribution in [2.45, 2.75) is 6.92 Å². The first-order chi connectivity index (χ1) is 13.0. The average Bonchev–Trinajstić information content (AvgIpc) is 3.06. The second-order valence-electron chi connectivity index (χ2n) is 5.97. The van der Waals surface area contributed by atoms with Crippen molar-refractivity contribution in [1.82, 2.24) is 14.2 Å². The molecule has 0 N–H and O–H groups in total. The van der Waals surface area contributed by atoms with Gasteiger partial charge in [0.15, 0.2) is 5.65 Å². The first-order valence-electron chi connectivity index (χ1n) is 8.08. The third-order valence-electron chi connectivity index (χ3n) is 4.27. The molecular formula is C19H13ClN4O3. The highest BCUT2D eigenvalue weighted by atomic mass is 35.5. The lowest BCUT2D eigenvalue weighted by Crippen LogP contribution is -2.22. The zero-order chi connectivity index (χ0) is 19.1. The van der Waals surface area contributed by atoms with Crippen LogP contribution in [0.3, 0.4) is 0 Å². The maximum atomic E-state index is 12.8. The Labute approximate surface area is 158 Å². The number of nitro groups is 1. The summed E-state index contributed by atoms with van der Waals surface area (Å²) in [6, 6.07) is 17.3. The van der Waals surface area contributed by atoms with Gasteiger partial charge in [0.1, 0.15) is 5.02 Å². The van der Waals surface area contributed by atoms with Crippen LogP contribution in [0.25, 0.3) is 22.6 Å². The van der Waals surface area contributed by atoms with E-state index in [9.17, 15) is 14.9 Å². The molecule has 2 aromatic heterocycles. The maximum Gasteiger partial charge on any atom is 0.292 e. The molecule has 4 aromatic rings. The topological polar surface area (TPSA) is 82.4 Å². The summed E-state index contributed by atoms with van der Waals surface area (Å²) in [6.45, 7) is 1.68. The molecule has 134 valence electrons. The first kappa shape index (κ1) is 17.0. The molecule has 0 amide bonds. The van der Waals surface area contributed by atoms with E-state index in [1.165, 1.54) is 16.6 Å². The first-order valence-corrected chi connectivity index (χ1v) is 8.46. The molecule has 2 heterocycles. The van der Waals surface area contributed by atoms with Crippen LogP contribution in [0.5, 0.6) is 0 Å². The van der Waals surface area contributed by atoms with Gasteiger partial charge in [-0.1, -0.05) is 41.9 Å². The van der Waals surface area contributed by atoms with Crippen molar-refractivity contribution in [3.05, 3.63) is 91.8 Å². The van der Waals surface area contributed by atoms with E-state index in [4.69, 9.17) is 11.6 Å². The summed E-state index contributed by atoms with van der Waals surface area (Å²) in [5.41, 5.74) is 2.63. The van der Waals surface area contributed by atoms with Gasteiger partial charge in [0.05, 0.1) is 22.0 Å². The standard InChI is InChI=1S/C19H13ClN4O3/c1-12-18(20)19(25)23-17(21-12)11-16(13-5-3-2-4-6-13)22(23)14-7-9-15(10-8-14)24(26)27/h2-11H,1H3. The summed E-state index contributed by atoms with van der Waals surface area (Å²) in [4.78, 5) is 27.7. The third kappa shape index (κ3) is 2.78. The molecule has 0 fully saturated rings. The number of fused-ring (bicyclic) bond motifs is 1. The van der Waals surface area contributed by atoms with E-state index in [1.54, 1.807) is 29.8 Å². The second kappa shape index (κ2) is 6.37. The Bertz CT molecular complexity index is 1230. The number of aryl methyl sites for hydroxylation is 1. The molecule has 27 heavy (non-hydrogen) atoms. The van der Waals surface area contributed by atoms with Gasteiger partial charge in [0.2, 0.25) is 0 Å². The fourth-order valence-corrected chi connectivity index (χ4v) is 3.10. The Kier molecular flexibility index (Phi) is 4.01.